The van der Waals surface area contributed by atoms with Crippen LogP contribution in [0.25, 0.3) is 26.7 Å². The predicted octanol–water partition coefficient (Wildman–Crippen LogP) is 3.33. The summed E-state index contributed by atoms with van der Waals surface area (Å²) in [6.45, 7) is 3.94. The van der Waals surface area contributed by atoms with Gasteiger partial charge in [-0.2, -0.15) is 0 Å². The van der Waals surface area contributed by atoms with Crippen LogP contribution in [-0.2, 0) is 9.53 Å². The van der Waals surface area contributed by atoms with Gasteiger partial charge in [-0.3, -0.25) is 0 Å². The molecule has 0 fully saturated rings. The van der Waals surface area contributed by atoms with Gasteiger partial charge in [-0.15, -0.1) is 0 Å². The van der Waals surface area contributed by atoms with Gasteiger partial charge in [-0.1, -0.05) is 0 Å². The summed E-state index contributed by atoms with van der Waals surface area (Å²) in [6, 6.07) is 8.11. The summed E-state index contributed by atoms with van der Waals surface area (Å²) >= 11 is 0.0806. The van der Waals surface area contributed by atoms with E-state index in [0.29, 0.717) is 5.69 Å². The summed E-state index contributed by atoms with van der Waals surface area (Å²) < 4.78 is 5.82. The summed E-state index contributed by atoms with van der Waals surface area (Å²) in [5.41, 5.74) is 11.3. The fraction of sp³-hybridized carbons (Fsp3) is 0.200. The first kappa shape index (κ1) is 16.0. The SMILES string of the molecule is CCOC(=O)/C(=C/c1c[se]c(-c2ccc(C)cc2)n1)N=[N+]=[N-]. The molecule has 22 heavy (non-hydrogen) atoms. The second-order valence-corrected chi connectivity index (χ2v) is 6.18. The predicted molar refractivity (Wildman–Crippen MR) is 85.1 cm³/mol. The summed E-state index contributed by atoms with van der Waals surface area (Å²) in [7, 11) is 0. The van der Waals surface area contributed by atoms with Crippen molar-refractivity contribution in [2.45, 2.75) is 13.8 Å². The van der Waals surface area contributed by atoms with E-state index in [9.17, 15) is 4.79 Å². The standard InChI is InChI=1S/C15H14N4O2Se/c1-3-21-15(20)13(18-19-16)8-12-9-22-14(17-12)11-6-4-10(2)5-7-11/h4-9H,3H2,1-2H3/b13-8-. The molecule has 0 aliphatic heterocycles. The third-order valence-corrected chi connectivity index (χ3v) is 4.65. The number of rotatable bonds is 5. The second kappa shape index (κ2) is 7.61. The van der Waals surface area contributed by atoms with Gasteiger partial charge in [0.25, 0.3) is 0 Å². The third kappa shape index (κ3) is 4.08. The van der Waals surface area contributed by atoms with E-state index in [2.05, 4.69) is 15.0 Å². The first-order valence-electron chi connectivity index (χ1n) is 6.60. The van der Waals surface area contributed by atoms with E-state index >= 15 is 0 Å². The van der Waals surface area contributed by atoms with E-state index in [1.807, 2.05) is 36.1 Å². The molecule has 0 N–H and O–H groups in total. The van der Waals surface area contributed by atoms with Crippen molar-refractivity contribution in [2.24, 2.45) is 5.11 Å². The second-order valence-electron chi connectivity index (χ2n) is 4.38. The summed E-state index contributed by atoms with van der Waals surface area (Å²) in [5, 5.41) is 3.38. The van der Waals surface area contributed by atoms with Crippen molar-refractivity contribution < 1.29 is 9.53 Å². The van der Waals surface area contributed by atoms with Crippen molar-refractivity contribution >= 4 is 26.5 Å². The Morgan fingerprint density at radius 1 is 1.45 bits per heavy atom. The van der Waals surface area contributed by atoms with Crippen LogP contribution in [0.1, 0.15) is 18.2 Å². The maximum absolute atomic E-state index is 11.7. The van der Waals surface area contributed by atoms with Crippen molar-refractivity contribution in [3.05, 3.63) is 56.6 Å². The molecule has 6 nitrogen and oxygen atoms in total. The van der Waals surface area contributed by atoms with Crippen LogP contribution in [0.15, 0.2) is 40.0 Å². The Bertz CT molecular complexity index is 743. The molecule has 0 bridgehead atoms. The third-order valence-electron chi connectivity index (χ3n) is 2.74. The van der Waals surface area contributed by atoms with Crippen molar-refractivity contribution in [1.82, 2.24) is 4.98 Å². The first-order chi connectivity index (χ1) is 10.6. The summed E-state index contributed by atoms with van der Waals surface area (Å²) in [5.74, 6) is -0.646. The molecule has 112 valence electrons. The average molecular weight is 361 g/mol. The van der Waals surface area contributed by atoms with Gasteiger partial charge >= 0.3 is 133 Å². The number of azide groups is 1. The molecule has 0 spiro atoms. The number of nitrogens with zero attached hydrogens (tertiary/aromatic N) is 4. The Morgan fingerprint density at radius 2 is 2.18 bits per heavy atom. The molecule has 0 atom stereocenters. The monoisotopic (exact) mass is 362 g/mol. The first-order valence-corrected chi connectivity index (χ1v) is 8.45. The minimum absolute atomic E-state index is 0.0806. The Labute approximate surface area is 133 Å². The molecule has 2 rings (SSSR count). The van der Waals surface area contributed by atoms with Crippen LogP contribution in [0, 0.1) is 6.92 Å². The van der Waals surface area contributed by atoms with Crippen LogP contribution in [0.5, 0.6) is 0 Å². The normalized spacial score (nSPS) is 10.9. The maximum atomic E-state index is 11.7. The molecular formula is C15H14N4O2Se. The number of esters is 1. The van der Waals surface area contributed by atoms with Gasteiger partial charge in [-0.05, 0) is 0 Å². The van der Waals surface area contributed by atoms with Crippen LogP contribution in [0.2, 0.25) is 0 Å². The number of aryl methyl sites for hydroxylation is 1. The van der Waals surface area contributed by atoms with E-state index < -0.39 is 5.97 Å². The van der Waals surface area contributed by atoms with Crippen LogP contribution < -0.4 is 0 Å². The van der Waals surface area contributed by atoms with Crippen LogP contribution in [0.4, 0.5) is 0 Å². The Kier molecular flexibility index (Phi) is 5.55. The van der Waals surface area contributed by atoms with E-state index in [0.717, 1.165) is 10.1 Å². The summed E-state index contributed by atoms with van der Waals surface area (Å²) in [4.78, 5) is 20.8. The van der Waals surface area contributed by atoms with E-state index in [-0.39, 0.29) is 26.8 Å². The van der Waals surface area contributed by atoms with Crippen LogP contribution >= 0.6 is 0 Å². The Hall–Kier alpha value is -2.33. The van der Waals surface area contributed by atoms with Gasteiger partial charge in [0, 0.05) is 0 Å². The van der Waals surface area contributed by atoms with Crippen molar-refractivity contribution in [1.29, 1.82) is 0 Å². The number of hydrogen-bond donors (Lipinski definition) is 0. The number of ether oxygens (including phenoxy) is 1. The van der Waals surface area contributed by atoms with E-state index in [1.165, 1.54) is 11.6 Å². The van der Waals surface area contributed by atoms with E-state index in [4.69, 9.17) is 10.3 Å². The average Bonchev–Trinajstić information content (AvgIpc) is 2.96. The number of carbonyl (C=O) groups is 1. The van der Waals surface area contributed by atoms with Gasteiger partial charge in [0.2, 0.25) is 0 Å². The molecule has 0 radical (unpaired) electrons. The molecule has 1 aromatic carbocycles. The Morgan fingerprint density at radius 3 is 2.82 bits per heavy atom. The molecule has 0 saturated heterocycles. The number of hydrogen-bond acceptors (Lipinski definition) is 4. The molecule has 1 heterocycles. The molecule has 0 amide bonds. The van der Waals surface area contributed by atoms with Crippen molar-refractivity contribution in [3.63, 3.8) is 0 Å². The Balaban J connectivity index is 2.29. The quantitative estimate of drug-likeness (QED) is 0.204. The van der Waals surface area contributed by atoms with Crippen LogP contribution in [0.3, 0.4) is 0 Å². The number of carbonyl (C=O) groups excluding carboxylic acids is 1. The van der Waals surface area contributed by atoms with Gasteiger partial charge < -0.3 is 0 Å². The molecule has 0 saturated carbocycles. The van der Waals surface area contributed by atoms with Crippen molar-refractivity contribution in [3.8, 4) is 10.1 Å². The fourth-order valence-corrected chi connectivity index (χ4v) is 3.35. The van der Waals surface area contributed by atoms with Crippen molar-refractivity contribution in [2.75, 3.05) is 6.61 Å². The van der Waals surface area contributed by atoms with E-state index in [1.54, 1.807) is 6.92 Å². The zero-order valence-corrected chi connectivity index (χ0v) is 13.9. The molecule has 1 aromatic heterocycles. The fourth-order valence-electron chi connectivity index (χ4n) is 1.70. The van der Waals surface area contributed by atoms with Gasteiger partial charge in [0.15, 0.2) is 0 Å². The topological polar surface area (TPSA) is 88.0 Å². The van der Waals surface area contributed by atoms with Gasteiger partial charge in [-0.25, -0.2) is 0 Å². The molecule has 2 aromatic rings. The molecular weight excluding hydrogens is 347 g/mol. The minimum atomic E-state index is -0.646. The summed E-state index contributed by atoms with van der Waals surface area (Å²) in [6.07, 6.45) is 1.46. The molecule has 0 aliphatic rings. The van der Waals surface area contributed by atoms with Gasteiger partial charge in [0.1, 0.15) is 0 Å². The van der Waals surface area contributed by atoms with Gasteiger partial charge in [0.05, 0.1) is 0 Å². The zero-order chi connectivity index (χ0) is 15.9. The van der Waals surface area contributed by atoms with Crippen LogP contribution in [-0.4, -0.2) is 32.1 Å². The zero-order valence-electron chi connectivity index (χ0n) is 12.2. The molecule has 0 aliphatic carbocycles. The molecule has 7 heteroatoms. The number of aromatic nitrogens is 1. The number of benzene rings is 1. The molecule has 0 unspecified atom stereocenters.